The number of rotatable bonds is 5. The van der Waals surface area contributed by atoms with E-state index in [9.17, 15) is 0 Å². The van der Waals surface area contributed by atoms with E-state index in [1.165, 1.54) is 70.6 Å². The van der Waals surface area contributed by atoms with Crippen LogP contribution in [0.2, 0.25) is 0 Å². The van der Waals surface area contributed by atoms with Crippen molar-refractivity contribution in [3.05, 3.63) is 35.9 Å². The highest BCUT2D eigenvalue weighted by Gasteiger charge is 2.30. The van der Waals surface area contributed by atoms with Gasteiger partial charge in [-0.3, -0.25) is 0 Å². The summed E-state index contributed by atoms with van der Waals surface area (Å²) in [5, 5.41) is 0. The predicted octanol–water partition coefficient (Wildman–Crippen LogP) is 6.96. The Kier molecular flexibility index (Phi) is 5.98. The maximum Gasteiger partial charge on any atom is -0.0162 e. The van der Waals surface area contributed by atoms with E-state index >= 15 is 0 Å². The summed E-state index contributed by atoms with van der Waals surface area (Å²) in [6.45, 7) is 2.33. The third-order valence-corrected chi connectivity index (χ3v) is 6.57. The van der Waals surface area contributed by atoms with Crippen LogP contribution in [0.5, 0.6) is 0 Å². The molecule has 0 radical (unpaired) electrons. The highest BCUT2D eigenvalue weighted by Crippen LogP contribution is 2.44. The predicted molar refractivity (Wildman–Crippen MR) is 96.1 cm³/mol. The third kappa shape index (κ3) is 4.15. The van der Waals surface area contributed by atoms with Crippen LogP contribution in [0.4, 0.5) is 0 Å². The van der Waals surface area contributed by atoms with Crippen LogP contribution in [-0.4, -0.2) is 0 Å². The molecular formula is C22H34. The van der Waals surface area contributed by atoms with Gasteiger partial charge in [0.05, 0.1) is 0 Å². The molecule has 2 aliphatic rings. The smallest absolute Gasteiger partial charge is 0.0162 e. The molecule has 1 aromatic carbocycles. The van der Waals surface area contributed by atoms with E-state index in [4.69, 9.17) is 0 Å². The Morgan fingerprint density at radius 2 is 1.36 bits per heavy atom. The second kappa shape index (κ2) is 8.18. The molecule has 0 aromatic heterocycles. The van der Waals surface area contributed by atoms with Crippen molar-refractivity contribution >= 4 is 0 Å². The summed E-state index contributed by atoms with van der Waals surface area (Å²) in [6.07, 6.45) is 16.3. The van der Waals surface area contributed by atoms with Gasteiger partial charge >= 0.3 is 0 Å². The Balaban J connectivity index is 1.43. The molecule has 22 heavy (non-hydrogen) atoms. The topological polar surface area (TPSA) is 0 Å². The fraction of sp³-hybridized carbons (Fsp3) is 0.727. The van der Waals surface area contributed by atoms with E-state index in [-0.39, 0.29) is 0 Å². The molecule has 0 saturated heterocycles. The number of hydrogen-bond acceptors (Lipinski definition) is 0. The van der Waals surface area contributed by atoms with E-state index in [0.29, 0.717) is 0 Å². The Bertz CT molecular complexity index is 405. The Morgan fingerprint density at radius 3 is 1.95 bits per heavy atom. The maximum absolute atomic E-state index is 2.34. The first-order valence-corrected chi connectivity index (χ1v) is 9.91. The summed E-state index contributed by atoms with van der Waals surface area (Å²) in [6, 6.07) is 11.2. The summed E-state index contributed by atoms with van der Waals surface area (Å²) < 4.78 is 0. The molecule has 3 rings (SSSR count). The molecule has 2 fully saturated rings. The lowest BCUT2D eigenvalue weighted by molar-refractivity contribution is 0.156. The fourth-order valence-electron chi connectivity index (χ4n) is 5.09. The monoisotopic (exact) mass is 298 g/mol. The molecular weight excluding hydrogens is 264 g/mol. The largest absolute Gasteiger partial charge is 0.0654 e. The summed E-state index contributed by atoms with van der Waals surface area (Å²) in [5.41, 5.74) is 1.59. The average Bonchev–Trinajstić information content (AvgIpc) is 2.61. The van der Waals surface area contributed by atoms with Gasteiger partial charge in [0, 0.05) is 0 Å². The Labute approximate surface area is 137 Å². The summed E-state index contributed by atoms with van der Waals surface area (Å²) in [5.74, 6) is 4.02. The van der Waals surface area contributed by atoms with Crippen LogP contribution in [-0.2, 0) is 0 Å². The molecule has 2 saturated carbocycles. The van der Waals surface area contributed by atoms with E-state index in [0.717, 1.165) is 23.7 Å². The molecule has 122 valence electrons. The molecule has 0 heteroatoms. The normalized spacial score (nSPS) is 32.8. The van der Waals surface area contributed by atoms with Gasteiger partial charge in [-0.05, 0) is 67.8 Å². The zero-order valence-corrected chi connectivity index (χ0v) is 14.5. The second-order valence-corrected chi connectivity index (χ2v) is 7.95. The van der Waals surface area contributed by atoms with Crippen molar-refractivity contribution in [3.8, 4) is 0 Å². The van der Waals surface area contributed by atoms with Crippen molar-refractivity contribution in [2.75, 3.05) is 0 Å². The zero-order valence-electron chi connectivity index (χ0n) is 14.5. The molecule has 0 heterocycles. The van der Waals surface area contributed by atoms with Gasteiger partial charge in [-0.15, -0.1) is 0 Å². The quantitative estimate of drug-likeness (QED) is 0.551. The molecule has 0 bridgehead atoms. The lowest BCUT2D eigenvalue weighted by Gasteiger charge is -2.38. The summed E-state index contributed by atoms with van der Waals surface area (Å²) in [7, 11) is 0. The molecule has 0 amide bonds. The highest BCUT2D eigenvalue weighted by atomic mass is 14.4. The third-order valence-electron chi connectivity index (χ3n) is 6.57. The van der Waals surface area contributed by atoms with Crippen molar-refractivity contribution in [2.24, 2.45) is 17.8 Å². The lowest BCUT2D eigenvalue weighted by atomic mass is 9.68. The van der Waals surface area contributed by atoms with Crippen LogP contribution < -0.4 is 0 Å². The van der Waals surface area contributed by atoms with Crippen molar-refractivity contribution in [3.63, 3.8) is 0 Å². The van der Waals surface area contributed by atoms with Crippen LogP contribution in [0, 0.1) is 17.8 Å². The van der Waals surface area contributed by atoms with Gasteiger partial charge in [0.25, 0.3) is 0 Å². The lowest BCUT2D eigenvalue weighted by Crippen LogP contribution is -2.25. The van der Waals surface area contributed by atoms with Crippen LogP contribution in [0.1, 0.15) is 89.0 Å². The summed E-state index contributed by atoms with van der Waals surface area (Å²) >= 11 is 0. The minimum atomic E-state index is 0.846. The van der Waals surface area contributed by atoms with Crippen LogP contribution in [0.25, 0.3) is 0 Å². The minimum Gasteiger partial charge on any atom is -0.0654 e. The van der Waals surface area contributed by atoms with Gasteiger partial charge in [0.1, 0.15) is 0 Å². The van der Waals surface area contributed by atoms with Crippen molar-refractivity contribution < 1.29 is 0 Å². The molecule has 0 unspecified atom stereocenters. The van der Waals surface area contributed by atoms with E-state index in [1.54, 1.807) is 5.56 Å². The molecule has 1 aromatic rings. The zero-order chi connectivity index (χ0) is 15.2. The highest BCUT2D eigenvalue weighted by molar-refractivity contribution is 5.19. The fourth-order valence-corrected chi connectivity index (χ4v) is 5.09. The first kappa shape index (κ1) is 16.1. The molecule has 0 nitrogen and oxygen atoms in total. The Hall–Kier alpha value is -0.780. The maximum atomic E-state index is 2.34. The molecule has 0 aliphatic heterocycles. The molecule has 2 aliphatic carbocycles. The van der Waals surface area contributed by atoms with E-state index in [1.807, 2.05) is 0 Å². The minimum absolute atomic E-state index is 0.846. The second-order valence-electron chi connectivity index (χ2n) is 7.95. The van der Waals surface area contributed by atoms with Crippen molar-refractivity contribution in [2.45, 2.75) is 83.5 Å². The number of hydrogen-bond donors (Lipinski definition) is 0. The van der Waals surface area contributed by atoms with E-state index in [2.05, 4.69) is 37.3 Å². The van der Waals surface area contributed by atoms with Gasteiger partial charge in [0.2, 0.25) is 0 Å². The summed E-state index contributed by atoms with van der Waals surface area (Å²) in [4.78, 5) is 0. The Morgan fingerprint density at radius 1 is 0.773 bits per heavy atom. The standard InChI is InChI=1S/C22H34/c1-2-3-7-18-10-12-20(13-11-18)22-16-14-21(15-17-22)19-8-5-4-6-9-19/h4-6,8-9,18,20-22H,2-3,7,10-17H2,1H3. The molecule has 0 atom stereocenters. The van der Waals surface area contributed by atoms with Crippen LogP contribution >= 0.6 is 0 Å². The van der Waals surface area contributed by atoms with Crippen molar-refractivity contribution in [1.82, 2.24) is 0 Å². The van der Waals surface area contributed by atoms with Gasteiger partial charge < -0.3 is 0 Å². The SMILES string of the molecule is CCCCC1CCC(C2CCC(c3ccccc3)CC2)CC1. The first-order chi connectivity index (χ1) is 10.9. The van der Waals surface area contributed by atoms with Crippen molar-refractivity contribution in [1.29, 1.82) is 0 Å². The van der Waals surface area contributed by atoms with Crippen LogP contribution in [0.3, 0.4) is 0 Å². The van der Waals surface area contributed by atoms with Gasteiger partial charge in [-0.25, -0.2) is 0 Å². The van der Waals surface area contributed by atoms with Gasteiger partial charge in [0.15, 0.2) is 0 Å². The first-order valence-electron chi connectivity index (χ1n) is 9.91. The number of benzene rings is 1. The average molecular weight is 299 g/mol. The van der Waals surface area contributed by atoms with E-state index < -0.39 is 0 Å². The van der Waals surface area contributed by atoms with Gasteiger partial charge in [-0.2, -0.15) is 0 Å². The molecule has 0 N–H and O–H groups in total. The number of unbranched alkanes of at least 4 members (excludes halogenated alkanes) is 1. The van der Waals surface area contributed by atoms with Crippen LogP contribution in [0.15, 0.2) is 30.3 Å². The van der Waals surface area contributed by atoms with Gasteiger partial charge in [-0.1, -0.05) is 69.4 Å². The molecule has 0 spiro atoms.